The number of halogens is 1. The van der Waals surface area contributed by atoms with E-state index in [0.717, 1.165) is 16.1 Å². The second kappa shape index (κ2) is 5.11. The highest BCUT2D eigenvalue weighted by molar-refractivity contribution is 8.04. The highest BCUT2D eigenvalue weighted by Crippen LogP contribution is 2.38. The summed E-state index contributed by atoms with van der Waals surface area (Å²) in [5, 5.41) is 3.58. The predicted molar refractivity (Wildman–Crippen MR) is 80.4 cm³/mol. The molecule has 2 aromatic carbocycles. The summed E-state index contributed by atoms with van der Waals surface area (Å²) >= 11 is 7.33. The van der Waals surface area contributed by atoms with Crippen molar-refractivity contribution in [1.82, 2.24) is 0 Å². The summed E-state index contributed by atoms with van der Waals surface area (Å²) < 4.78 is 0. The first-order valence-corrected chi connectivity index (χ1v) is 6.97. The standard InChI is InChI=1S/C15H10ClNOS/c16-11-7-5-10(6-8-11)9-14-15(18)17-12-3-1-2-4-13(12)19-14/h1-9H,(H,17,18)/b14-9-. The summed E-state index contributed by atoms with van der Waals surface area (Å²) in [5.74, 6) is -0.0707. The number of amides is 1. The number of fused-ring (bicyclic) bond motifs is 1. The SMILES string of the molecule is O=C1Nc2ccccc2S/C1=C\c1ccc(Cl)cc1. The van der Waals surface area contributed by atoms with Crippen LogP contribution in [0.4, 0.5) is 5.69 Å². The van der Waals surface area contributed by atoms with Crippen LogP contribution in [-0.2, 0) is 4.79 Å². The summed E-state index contributed by atoms with van der Waals surface area (Å²) in [4.78, 5) is 13.7. The van der Waals surface area contributed by atoms with Gasteiger partial charge in [-0.3, -0.25) is 4.79 Å². The summed E-state index contributed by atoms with van der Waals surface area (Å²) in [6.07, 6.45) is 1.87. The average molecular weight is 288 g/mol. The highest BCUT2D eigenvalue weighted by atomic mass is 35.5. The van der Waals surface area contributed by atoms with Gasteiger partial charge in [0, 0.05) is 9.92 Å². The number of nitrogens with one attached hydrogen (secondary N) is 1. The number of carbonyl (C=O) groups is 1. The molecule has 0 aliphatic carbocycles. The molecule has 3 rings (SSSR count). The zero-order valence-corrected chi connectivity index (χ0v) is 11.5. The Balaban J connectivity index is 1.94. The summed E-state index contributed by atoms with van der Waals surface area (Å²) in [6.45, 7) is 0. The Labute approximate surface area is 120 Å². The maximum atomic E-state index is 12.0. The zero-order chi connectivity index (χ0) is 13.2. The molecule has 0 spiro atoms. The molecule has 2 aromatic rings. The smallest absolute Gasteiger partial charge is 0.262 e. The molecule has 1 heterocycles. The Morgan fingerprint density at radius 1 is 1.05 bits per heavy atom. The zero-order valence-electron chi connectivity index (χ0n) is 9.89. The number of benzene rings is 2. The van der Waals surface area contributed by atoms with Gasteiger partial charge in [-0.15, -0.1) is 0 Å². The maximum Gasteiger partial charge on any atom is 0.262 e. The van der Waals surface area contributed by atoms with Crippen molar-refractivity contribution in [2.45, 2.75) is 4.90 Å². The molecule has 0 saturated heterocycles. The fourth-order valence-electron chi connectivity index (χ4n) is 1.81. The highest BCUT2D eigenvalue weighted by Gasteiger charge is 2.20. The normalized spacial score (nSPS) is 16.1. The van der Waals surface area contributed by atoms with E-state index < -0.39 is 0 Å². The van der Waals surface area contributed by atoms with Crippen molar-refractivity contribution >= 4 is 41.0 Å². The molecule has 0 saturated carbocycles. The van der Waals surface area contributed by atoms with E-state index in [1.54, 1.807) is 0 Å². The van der Waals surface area contributed by atoms with Crippen LogP contribution < -0.4 is 5.32 Å². The lowest BCUT2D eigenvalue weighted by atomic mass is 10.2. The molecule has 1 amide bonds. The quantitative estimate of drug-likeness (QED) is 0.786. The summed E-state index contributed by atoms with van der Waals surface area (Å²) in [5.41, 5.74) is 1.83. The van der Waals surface area contributed by atoms with E-state index >= 15 is 0 Å². The topological polar surface area (TPSA) is 29.1 Å². The van der Waals surface area contributed by atoms with Crippen molar-refractivity contribution in [3.05, 3.63) is 64.0 Å². The van der Waals surface area contributed by atoms with E-state index in [1.165, 1.54) is 11.8 Å². The van der Waals surface area contributed by atoms with E-state index in [2.05, 4.69) is 5.32 Å². The van der Waals surface area contributed by atoms with Crippen LogP contribution in [-0.4, -0.2) is 5.91 Å². The molecule has 4 heteroatoms. The molecule has 0 bridgehead atoms. The van der Waals surface area contributed by atoms with Crippen LogP contribution in [0.15, 0.2) is 58.3 Å². The molecular weight excluding hydrogens is 278 g/mol. The van der Waals surface area contributed by atoms with E-state index in [4.69, 9.17) is 11.6 Å². The predicted octanol–water partition coefficient (Wildman–Crippen LogP) is 4.43. The Bertz CT molecular complexity index is 664. The largest absolute Gasteiger partial charge is 0.320 e. The minimum absolute atomic E-state index is 0.0707. The third kappa shape index (κ3) is 2.67. The molecule has 1 aliphatic rings. The third-order valence-corrected chi connectivity index (χ3v) is 4.10. The van der Waals surface area contributed by atoms with Gasteiger partial charge in [0.1, 0.15) is 0 Å². The van der Waals surface area contributed by atoms with E-state index in [-0.39, 0.29) is 5.91 Å². The fraction of sp³-hybridized carbons (Fsp3) is 0. The van der Waals surface area contributed by atoms with Gasteiger partial charge in [0.2, 0.25) is 0 Å². The van der Waals surface area contributed by atoms with E-state index in [9.17, 15) is 4.79 Å². The Morgan fingerprint density at radius 2 is 1.79 bits per heavy atom. The Kier molecular flexibility index (Phi) is 3.32. The Morgan fingerprint density at radius 3 is 2.58 bits per heavy atom. The molecule has 2 nitrogen and oxygen atoms in total. The van der Waals surface area contributed by atoms with Gasteiger partial charge in [-0.05, 0) is 35.9 Å². The molecule has 94 valence electrons. The number of hydrogen-bond donors (Lipinski definition) is 1. The first kappa shape index (κ1) is 12.3. The van der Waals surface area contributed by atoms with Gasteiger partial charge in [-0.2, -0.15) is 0 Å². The van der Waals surface area contributed by atoms with E-state index in [0.29, 0.717) is 9.93 Å². The lowest BCUT2D eigenvalue weighted by molar-refractivity contribution is -0.112. The lowest BCUT2D eigenvalue weighted by Gasteiger charge is -2.18. The van der Waals surface area contributed by atoms with Crippen molar-refractivity contribution in [2.24, 2.45) is 0 Å². The van der Waals surface area contributed by atoms with Crippen LogP contribution in [0.1, 0.15) is 5.56 Å². The molecule has 0 unspecified atom stereocenters. The van der Waals surface area contributed by atoms with Gasteiger partial charge < -0.3 is 5.32 Å². The van der Waals surface area contributed by atoms with Gasteiger partial charge >= 0.3 is 0 Å². The third-order valence-electron chi connectivity index (χ3n) is 2.75. The molecular formula is C15H10ClNOS. The number of anilines is 1. The molecule has 0 atom stereocenters. The van der Waals surface area contributed by atoms with Gasteiger partial charge in [0.25, 0.3) is 5.91 Å². The van der Waals surface area contributed by atoms with Crippen molar-refractivity contribution in [3.8, 4) is 0 Å². The molecule has 19 heavy (non-hydrogen) atoms. The number of rotatable bonds is 1. The minimum atomic E-state index is -0.0707. The van der Waals surface area contributed by atoms with E-state index in [1.807, 2.05) is 54.6 Å². The van der Waals surface area contributed by atoms with Crippen LogP contribution >= 0.6 is 23.4 Å². The van der Waals surface area contributed by atoms with Gasteiger partial charge in [0.15, 0.2) is 0 Å². The average Bonchev–Trinajstić information content (AvgIpc) is 2.42. The lowest BCUT2D eigenvalue weighted by Crippen LogP contribution is -2.16. The van der Waals surface area contributed by atoms with Crippen LogP contribution in [0.2, 0.25) is 5.02 Å². The van der Waals surface area contributed by atoms with Crippen molar-refractivity contribution < 1.29 is 4.79 Å². The van der Waals surface area contributed by atoms with Crippen molar-refractivity contribution in [1.29, 1.82) is 0 Å². The number of para-hydroxylation sites is 1. The van der Waals surface area contributed by atoms with Gasteiger partial charge in [0.05, 0.1) is 10.6 Å². The molecule has 1 N–H and O–H groups in total. The minimum Gasteiger partial charge on any atom is -0.320 e. The van der Waals surface area contributed by atoms with Crippen LogP contribution in [0.5, 0.6) is 0 Å². The summed E-state index contributed by atoms with van der Waals surface area (Å²) in [6, 6.07) is 15.2. The van der Waals surface area contributed by atoms with Crippen LogP contribution in [0.25, 0.3) is 6.08 Å². The monoisotopic (exact) mass is 287 g/mol. The number of hydrogen-bond acceptors (Lipinski definition) is 2. The molecule has 0 aromatic heterocycles. The number of carbonyl (C=O) groups excluding carboxylic acids is 1. The fourth-order valence-corrected chi connectivity index (χ4v) is 2.89. The Hall–Kier alpha value is -1.71. The van der Waals surface area contributed by atoms with Gasteiger partial charge in [-0.25, -0.2) is 0 Å². The molecule has 1 aliphatic heterocycles. The first-order valence-electron chi connectivity index (χ1n) is 5.78. The van der Waals surface area contributed by atoms with Gasteiger partial charge in [-0.1, -0.05) is 47.6 Å². The second-order valence-corrected chi connectivity index (χ2v) is 5.63. The summed E-state index contributed by atoms with van der Waals surface area (Å²) in [7, 11) is 0. The second-order valence-electron chi connectivity index (χ2n) is 4.11. The first-order chi connectivity index (χ1) is 9.22. The van der Waals surface area contributed by atoms with Crippen molar-refractivity contribution in [3.63, 3.8) is 0 Å². The number of thioether (sulfide) groups is 1. The van der Waals surface area contributed by atoms with Crippen molar-refractivity contribution in [2.75, 3.05) is 5.32 Å². The maximum absolute atomic E-state index is 12.0. The molecule has 0 radical (unpaired) electrons. The van der Waals surface area contributed by atoms with Crippen LogP contribution in [0, 0.1) is 0 Å². The van der Waals surface area contributed by atoms with Crippen LogP contribution in [0.3, 0.4) is 0 Å². The molecule has 0 fully saturated rings.